The molecule has 0 heterocycles. The number of alkyl halides is 2. The standard InChI is InChI=1S/C21H21S.C17H28O2.C16H26O3.C14H16F2O7S.C10H14O.8CH4/c1-16-4-10-19(11-5-16)22(20-12-6-17(2)7-13-20)21-14-8-18(3)9-15-21;1-5-16(2,3)15(18)19-17(4)13-7-11-6-12(9-13)10-14(17)8-11;1-4-14(2,3)13(17)19-16-8-11-5-12(9-16)7-15(18,6-11)10-16;1-4-13(2,3)11(17)22-9-5-7-10(8-6-9)23-12(18)14(15,16)24(19,20)21;1-3-8(2)9-4-6-10(11)7-5-9;;;;;;;;/h4-15H,1-3H3;11-14H,5-10H2,1-4H3;11-12,18H,4-10H2,1-3H3;5-8H,4H2,1-3H3,(H,19,20,21);4-8,11H,3H2,1-2H3;8*1H4/q+1;;;;;;;;;;;;/p-1. The molecule has 0 radical (unpaired) electrons. The number of ether oxygens (including phenoxy) is 4. The average Bonchev–Trinajstić information content (AvgIpc) is 0.735. The molecule has 0 aromatic heterocycles. The summed E-state index contributed by atoms with van der Waals surface area (Å²) < 4.78 is 78.3. The molecule has 3 atom stereocenters. The number of phenolic OH excluding ortho intramolecular Hbond substituents is 1. The highest BCUT2D eigenvalue weighted by Crippen LogP contribution is 2.61. The number of hydrogen-bond donors (Lipinski definition) is 2. The van der Waals surface area contributed by atoms with Crippen LogP contribution < -0.4 is 9.47 Å². The van der Waals surface area contributed by atoms with Crippen molar-refractivity contribution < 1.29 is 70.1 Å². The molecule has 8 bridgehead atoms. The van der Waals surface area contributed by atoms with Crippen LogP contribution in [0.4, 0.5) is 8.78 Å². The van der Waals surface area contributed by atoms with Gasteiger partial charge in [-0.05, 0) is 279 Å². The highest BCUT2D eigenvalue weighted by Gasteiger charge is 2.60. The maximum absolute atomic E-state index is 13.0. The smallest absolute Gasteiger partial charge is 0.429 e. The molecule has 0 aliphatic heterocycles. The molecule has 0 spiro atoms. The van der Waals surface area contributed by atoms with E-state index in [1.165, 1.54) is 75.5 Å². The van der Waals surface area contributed by atoms with Gasteiger partial charge in [-0.15, -0.1) is 0 Å². The van der Waals surface area contributed by atoms with Gasteiger partial charge >= 0.3 is 29.1 Å². The monoisotopic (exact) mass is 1480 g/mol. The number of phenols is 1. The molecule has 8 fully saturated rings. The van der Waals surface area contributed by atoms with Gasteiger partial charge in [-0.1, -0.05) is 159 Å². The van der Waals surface area contributed by atoms with Crippen molar-refractivity contribution in [3.63, 3.8) is 0 Å². The highest BCUT2D eigenvalue weighted by atomic mass is 32.2. The molecule has 103 heavy (non-hydrogen) atoms. The number of benzene rings is 5. The van der Waals surface area contributed by atoms with Gasteiger partial charge in [0.2, 0.25) is 0 Å². The first-order valence-corrected chi connectivity index (χ1v) is 36.7. The summed E-state index contributed by atoms with van der Waals surface area (Å²) >= 11 is 0. The number of carbonyl (C=O) groups is 4. The fourth-order valence-electron chi connectivity index (χ4n) is 14.2. The molecule has 8 aliphatic rings. The molecule has 584 valence electrons. The van der Waals surface area contributed by atoms with Crippen molar-refractivity contribution >= 4 is 44.9 Å². The third-order valence-corrected chi connectivity index (χ3v) is 24.3. The predicted molar refractivity (Wildman–Crippen MR) is 421 cm³/mol. The van der Waals surface area contributed by atoms with Gasteiger partial charge in [0.05, 0.1) is 32.7 Å². The van der Waals surface area contributed by atoms with Crippen molar-refractivity contribution in [1.29, 1.82) is 0 Å². The van der Waals surface area contributed by atoms with Gasteiger partial charge in [-0.25, -0.2) is 13.2 Å². The Morgan fingerprint density at radius 2 is 0.845 bits per heavy atom. The average molecular weight is 1480 g/mol. The van der Waals surface area contributed by atoms with Crippen LogP contribution in [0.1, 0.15) is 267 Å². The zero-order valence-corrected chi connectivity index (χ0v) is 60.3. The molecule has 3 unspecified atom stereocenters. The second kappa shape index (κ2) is 40.0. The Morgan fingerprint density at radius 3 is 1.17 bits per heavy atom. The lowest BCUT2D eigenvalue weighted by atomic mass is 9.50. The van der Waals surface area contributed by atoms with Crippen LogP contribution in [0.25, 0.3) is 0 Å². The molecule has 17 heteroatoms. The molecule has 13 nitrogen and oxygen atoms in total. The Bertz CT molecular complexity index is 3360. The van der Waals surface area contributed by atoms with Crippen LogP contribution in [0.15, 0.2) is 136 Å². The summed E-state index contributed by atoms with van der Waals surface area (Å²) in [4.78, 5) is 51.9. The van der Waals surface area contributed by atoms with Gasteiger partial charge in [0, 0.05) is 6.42 Å². The van der Waals surface area contributed by atoms with Crippen LogP contribution in [0.2, 0.25) is 0 Å². The van der Waals surface area contributed by atoms with E-state index < -0.39 is 49.5 Å². The van der Waals surface area contributed by atoms with Gasteiger partial charge in [0.1, 0.15) is 28.5 Å². The Labute approximate surface area is 626 Å². The number of halogens is 2. The summed E-state index contributed by atoms with van der Waals surface area (Å²) in [5, 5.41) is 14.5. The number of aryl methyl sites for hydroxylation is 3. The summed E-state index contributed by atoms with van der Waals surface area (Å²) in [6, 6.07) is 38.6. The van der Waals surface area contributed by atoms with E-state index in [-0.39, 0.29) is 105 Å². The first kappa shape index (κ1) is 98.9. The van der Waals surface area contributed by atoms with Crippen molar-refractivity contribution in [2.75, 3.05) is 0 Å². The Balaban J connectivity index is 0. The minimum absolute atomic E-state index is 0. The number of aromatic hydroxyl groups is 1. The minimum Gasteiger partial charge on any atom is -0.743 e. The predicted octanol–water partition coefficient (Wildman–Crippen LogP) is 23.0. The fourth-order valence-corrected chi connectivity index (χ4v) is 16.5. The maximum Gasteiger partial charge on any atom is 0.429 e. The lowest BCUT2D eigenvalue weighted by Crippen LogP contribution is -2.61. The number of aliphatic hydroxyl groups is 1. The second-order valence-corrected chi connectivity index (χ2v) is 33.7. The Hall–Kier alpha value is -6.14. The van der Waals surface area contributed by atoms with Crippen LogP contribution in [-0.4, -0.2) is 69.1 Å². The van der Waals surface area contributed by atoms with E-state index >= 15 is 0 Å². The molecule has 5 aromatic carbocycles. The van der Waals surface area contributed by atoms with Gasteiger partial charge in [0.25, 0.3) is 0 Å². The summed E-state index contributed by atoms with van der Waals surface area (Å²) in [7, 11) is -6.23. The van der Waals surface area contributed by atoms with E-state index in [1.807, 2.05) is 46.8 Å². The fraction of sp³-hybridized carbons (Fsp3) is 0.605. The lowest BCUT2D eigenvalue weighted by molar-refractivity contribution is -0.225. The van der Waals surface area contributed by atoms with E-state index in [1.54, 1.807) is 32.9 Å². The van der Waals surface area contributed by atoms with Gasteiger partial charge in [-0.2, -0.15) is 8.78 Å². The zero-order valence-electron chi connectivity index (χ0n) is 58.7. The molecule has 2 N–H and O–H groups in total. The third kappa shape index (κ3) is 25.0. The summed E-state index contributed by atoms with van der Waals surface area (Å²) in [6.45, 7) is 30.2. The van der Waals surface area contributed by atoms with Crippen molar-refractivity contribution in [1.82, 2.24) is 0 Å². The highest BCUT2D eigenvalue weighted by molar-refractivity contribution is 7.97. The van der Waals surface area contributed by atoms with Crippen LogP contribution in [0, 0.1) is 72.5 Å². The Morgan fingerprint density at radius 1 is 0.515 bits per heavy atom. The van der Waals surface area contributed by atoms with E-state index in [0.717, 1.165) is 81.0 Å². The normalized spacial score (nSPS) is 23.0. The van der Waals surface area contributed by atoms with Gasteiger partial charge in [0.15, 0.2) is 24.8 Å². The van der Waals surface area contributed by atoms with Crippen LogP contribution in [-0.2, 0) is 49.7 Å². The summed E-state index contributed by atoms with van der Waals surface area (Å²) in [5.41, 5.74) is 2.66. The quantitative estimate of drug-likeness (QED) is 0.0385. The second-order valence-electron chi connectivity index (χ2n) is 30.2. The molecular weight excluding hydrogens is 1340 g/mol. The minimum atomic E-state index is -6.19. The molecule has 8 saturated carbocycles. The van der Waals surface area contributed by atoms with Crippen LogP contribution in [0.3, 0.4) is 0 Å². The molecule has 8 aliphatic carbocycles. The summed E-state index contributed by atoms with van der Waals surface area (Å²) in [5.74, 6) is 1.68. The topological polar surface area (TPSA) is 203 Å². The van der Waals surface area contributed by atoms with Crippen molar-refractivity contribution in [2.24, 2.45) is 51.8 Å². The largest absolute Gasteiger partial charge is 0.743 e. The number of rotatable bonds is 17. The van der Waals surface area contributed by atoms with Crippen LogP contribution >= 0.6 is 0 Å². The van der Waals surface area contributed by atoms with Gasteiger partial charge < -0.3 is 33.7 Å². The third-order valence-electron chi connectivity index (χ3n) is 21.3. The summed E-state index contributed by atoms with van der Waals surface area (Å²) in [6.07, 6.45) is 15.6. The molecule has 0 saturated heterocycles. The van der Waals surface area contributed by atoms with Crippen molar-refractivity contribution in [3.05, 3.63) is 144 Å². The van der Waals surface area contributed by atoms with Crippen molar-refractivity contribution in [3.8, 4) is 17.2 Å². The zero-order chi connectivity index (χ0) is 70.3. The molecule has 5 aromatic rings. The van der Waals surface area contributed by atoms with E-state index in [4.69, 9.17) is 19.3 Å². The van der Waals surface area contributed by atoms with Gasteiger partial charge in [-0.3, -0.25) is 14.4 Å². The van der Waals surface area contributed by atoms with Crippen LogP contribution in [0.5, 0.6) is 17.2 Å². The molecule has 13 rings (SSSR count). The lowest BCUT2D eigenvalue weighted by Gasteiger charge is -2.59. The van der Waals surface area contributed by atoms with E-state index in [9.17, 15) is 46.0 Å². The SMILES string of the molecule is C.C.C.C.C.C.C.C.CCC(C)(C)C(=O)OC1(C)C2CC3CC(C2)CC1C3.CCC(C)(C)C(=O)OC12CC3CC(CC(O)(C3)C1)C2.CCC(C)(C)C(=O)Oc1ccc(OC(=O)C(F)(F)S(=O)(=O)[O-])cc1.CCC(C)c1ccc(O)cc1.Cc1ccc([S+](c2ccc(C)cc2)c2ccc(C)cc2)cc1. The first-order valence-electron chi connectivity index (χ1n) is 34.1. The molecule has 0 amide bonds. The Kier molecular flexibility index (Phi) is 38.4. The number of carbonyl (C=O) groups excluding carboxylic acids is 4. The van der Waals surface area contributed by atoms with Crippen molar-refractivity contribution in [2.45, 2.75) is 302 Å². The first-order chi connectivity index (χ1) is 44.3. The number of hydrogen-bond acceptors (Lipinski definition) is 13. The van der Waals surface area contributed by atoms with E-state index in [2.05, 4.69) is 126 Å². The number of esters is 4. The maximum atomic E-state index is 13.0. The molecular formula is C86H136F2O13S2. The van der Waals surface area contributed by atoms with E-state index in [0.29, 0.717) is 48.2 Å².